The first-order chi connectivity index (χ1) is 13.4. The molecule has 1 aliphatic carbocycles. The van der Waals surface area contributed by atoms with Crippen molar-refractivity contribution in [2.24, 2.45) is 17.8 Å². The van der Waals surface area contributed by atoms with Crippen molar-refractivity contribution in [1.82, 2.24) is 0 Å². The SMILES string of the molecule is COC(=O)C(C(=O)OC)C(/C=C/c1ccc([N+](=O)[O-])cc1)C1CCCCC1=O. The lowest BCUT2D eigenvalue weighted by Crippen LogP contribution is -2.39. The van der Waals surface area contributed by atoms with Crippen molar-refractivity contribution >= 4 is 29.5 Å². The summed E-state index contributed by atoms with van der Waals surface area (Å²) in [6, 6.07) is 5.83. The van der Waals surface area contributed by atoms with Gasteiger partial charge in [0.05, 0.1) is 19.1 Å². The second kappa shape index (κ2) is 9.77. The molecule has 2 rings (SSSR count). The minimum absolute atomic E-state index is 0.00223. The van der Waals surface area contributed by atoms with E-state index in [0.29, 0.717) is 18.4 Å². The third kappa shape index (κ3) is 5.03. The Hall–Kier alpha value is -3.03. The summed E-state index contributed by atoms with van der Waals surface area (Å²) in [7, 11) is 2.36. The van der Waals surface area contributed by atoms with Gasteiger partial charge < -0.3 is 9.47 Å². The number of hydrogen-bond acceptors (Lipinski definition) is 7. The van der Waals surface area contributed by atoms with E-state index in [4.69, 9.17) is 9.47 Å². The third-order valence-electron chi connectivity index (χ3n) is 4.98. The Morgan fingerprint density at radius 3 is 2.25 bits per heavy atom. The average molecular weight is 389 g/mol. The van der Waals surface area contributed by atoms with Crippen molar-refractivity contribution in [3.05, 3.63) is 46.0 Å². The van der Waals surface area contributed by atoms with Crippen LogP contribution in [0.25, 0.3) is 6.08 Å². The second-order valence-electron chi connectivity index (χ2n) is 6.63. The number of nitro benzene ring substituents is 1. The number of nitro groups is 1. The lowest BCUT2D eigenvalue weighted by molar-refractivity contribution is -0.384. The Kier molecular flexibility index (Phi) is 7.43. The molecular weight excluding hydrogens is 366 g/mol. The van der Waals surface area contributed by atoms with Crippen LogP contribution >= 0.6 is 0 Å². The van der Waals surface area contributed by atoms with Crippen LogP contribution in [0.3, 0.4) is 0 Å². The van der Waals surface area contributed by atoms with Gasteiger partial charge in [0.15, 0.2) is 5.92 Å². The highest BCUT2D eigenvalue weighted by Crippen LogP contribution is 2.34. The minimum Gasteiger partial charge on any atom is -0.468 e. The second-order valence-corrected chi connectivity index (χ2v) is 6.63. The van der Waals surface area contributed by atoms with Crippen LogP contribution in [0.4, 0.5) is 5.69 Å². The van der Waals surface area contributed by atoms with Crippen LogP contribution in [-0.4, -0.2) is 36.9 Å². The van der Waals surface area contributed by atoms with Gasteiger partial charge in [-0.25, -0.2) is 0 Å². The van der Waals surface area contributed by atoms with Crippen molar-refractivity contribution in [1.29, 1.82) is 0 Å². The molecule has 1 aliphatic rings. The first-order valence-corrected chi connectivity index (χ1v) is 9.00. The Morgan fingerprint density at radius 2 is 1.75 bits per heavy atom. The van der Waals surface area contributed by atoms with Gasteiger partial charge in [-0.1, -0.05) is 18.6 Å². The Morgan fingerprint density at radius 1 is 1.14 bits per heavy atom. The maximum atomic E-state index is 12.5. The zero-order valence-electron chi connectivity index (χ0n) is 15.8. The first-order valence-electron chi connectivity index (χ1n) is 9.00. The number of ketones is 1. The zero-order chi connectivity index (χ0) is 20.7. The summed E-state index contributed by atoms with van der Waals surface area (Å²) in [4.78, 5) is 47.3. The van der Waals surface area contributed by atoms with Crippen LogP contribution < -0.4 is 0 Å². The highest BCUT2D eigenvalue weighted by Gasteiger charge is 2.42. The molecule has 0 aliphatic heterocycles. The molecule has 0 N–H and O–H groups in total. The van der Waals surface area contributed by atoms with Gasteiger partial charge >= 0.3 is 11.9 Å². The number of esters is 2. The highest BCUT2D eigenvalue weighted by molar-refractivity contribution is 5.96. The average Bonchev–Trinajstić information content (AvgIpc) is 2.71. The predicted octanol–water partition coefficient (Wildman–Crippen LogP) is 2.95. The maximum absolute atomic E-state index is 12.5. The van der Waals surface area contributed by atoms with Gasteiger partial charge in [0.2, 0.25) is 0 Å². The van der Waals surface area contributed by atoms with Crippen molar-refractivity contribution in [2.45, 2.75) is 25.7 Å². The molecule has 150 valence electrons. The number of rotatable bonds is 7. The van der Waals surface area contributed by atoms with E-state index in [-0.39, 0.29) is 11.5 Å². The van der Waals surface area contributed by atoms with Gasteiger partial charge in [-0.15, -0.1) is 0 Å². The van der Waals surface area contributed by atoms with E-state index < -0.39 is 34.6 Å². The van der Waals surface area contributed by atoms with E-state index in [1.807, 2.05) is 0 Å². The number of hydrogen-bond donors (Lipinski definition) is 0. The molecule has 8 heteroatoms. The monoisotopic (exact) mass is 389 g/mol. The van der Waals surface area contributed by atoms with Gasteiger partial charge in [-0.3, -0.25) is 24.5 Å². The van der Waals surface area contributed by atoms with Crippen LogP contribution in [0.1, 0.15) is 31.2 Å². The fourth-order valence-electron chi connectivity index (χ4n) is 3.49. The first kappa shape index (κ1) is 21.3. The number of methoxy groups -OCH3 is 2. The number of nitrogens with zero attached hydrogens (tertiary/aromatic N) is 1. The largest absolute Gasteiger partial charge is 0.468 e. The molecule has 2 atom stereocenters. The Labute approximate surface area is 162 Å². The number of carbonyl (C=O) groups excluding carboxylic acids is 3. The van der Waals surface area contributed by atoms with Gasteiger partial charge in [0.25, 0.3) is 5.69 Å². The van der Waals surface area contributed by atoms with Crippen LogP contribution in [-0.2, 0) is 23.9 Å². The van der Waals surface area contributed by atoms with Crippen molar-refractivity contribution in [3.63, 3.8) is 0 Å². The Bertz CT molecular complexity index is 753. The standard InChI is InChI=1S/C20H23NO7/c1-27-19(23)18(20(24)28-2)16(15-5-3-4-6-17(15)22)12-9-13-7-10-14(11-8-13)21(25)26/h7-12,15-16,18H,3-6H2,1-2H3/b12-9+. The molecule has 1 fully saturated rings. The Balaban J connectivity index is 2.38. The molecule has 0 spiro atoms. The van der Waals surface area contributed by atoms with E-state index in [0.717, 1.165) is 12.8 Å². The summed E-state index contributed by atoms with van der Waals surface area (Å²) in [5.74, 6) is -3.99. The van der Waals surface area contributed by atoms with Crippen molar-refractivity contribution in [2.75, 3.05) is 14.2 Å². The number of Topliss-reactive ketones (excluding diaryl/α,β-unsaturated/α-hetero) is 1. The summed E-state index contributed by atoms with van der Waals surface area (Å²) >= 11 is 0. The summed E-state index contributed by atoms with van der Waals surface area (Å²) in [6.07, 6.45) is 5.87. The number of allylic oxidation sites excluding steroid dienone is 1. The molecule has 2 unspecified atom stereocenters. The predicted molar refractivity (Wildman–Crippen MR) is 100 cm³/mol. The molecule has 1 saturated carbocycles. The summed E-state index contributed by atoms with van der Waals surface area (Å²) in [6.45, 7) is 0. The zero-order valence-corrected chi connectivity index (χ0v) is 15.8. The molecule has 0 amide bonds. The molecular formula is C20H23NO7. The topological polar surface area (TPSA) is 113 Å². The van der Waals surface area contributed by atoms with Gasteiger partial charge in [-0.05, 0) is 30.5 Å². The van der Waals surface area contributed by atoms with E-state index in [1.54, 1.807) is 24.3 Å². The fraction of sp³-hybridized carbons (Fsp3) is 0.450. The summed E-state index contributed by atoms with van der Waals surface area (Å²) < 4.78 is 9.55. The van der Waals surface area contributed by atoms with Crippen molar-refractivity contribution in [3.8, 4) is 0 Å². The molecule has 28 heavy (non-hydrogen) atoms. The van der Waals surface area contributed by atoms with Gasteiger partial charge in [-0.2, -0.15) is 0 Å². The molecule has 0 aromatic heterocycles. The maximum Gasteiger partial charge on any atom is 0.320 e. The number of ether oxygens (including phenoxy) is 2. The number of benzene rings is 1. The van der Waals surface area contributed by atoms with Crippen LogP contribution in [0.2, 0.25) is 0 Å². The van der Waals surface area contributed by atoms with E-state index >= 15 is 0 Å². The van der Waals surface area contributed by atoms with E-state index in [2.05, 4.69) is 0 Å². The van der Waals surface area contributed by atoms with E-state index in [9.17, 15) is 24.5 Å². The van der Waals surface area contributed by atoms with Gasteiger partial charge in [0, 0.05) is 30.4 Å². The molecule has 1 aromatic carbocycles. The lowest BCUT2D eigenvalue weighted by atomic mass is 9.73. The third-order valence-corrected chi connectivity index (χ3v) is 4.98. The number of carbonyl (C=O) groups is 3. The summed E-state index contributed by atoms with van der Waals surface area (Å²) in [5.41, 5.74) is 0.602. The minimum atomic E-state index is -1.25. The molecule has 0 bridgehead atoms. The molecule has 0 radical (unpaired) electrons. The quantitative estimate of drug-likeness (QED) is 0.305. The van der Waals surface area contributed by atoms with Gasteiger partial charge in [0.1, 0.15) is 5.78 Å². The van der Waals surface area contributed by atoms with Crippen LogP contribution in [0.15, 0.2) is 30.3 Å². The smallest absolute Gasteiger partial charge is 0.320 e. The highest BCUT2D eigenvalue weighted by atomic mass is 16.6. The van der Waals surface area contributed by atoms with E-state index in [1.165, 1.54) is 26.4 Å². The number of non-ortho nitro benzene ring substituents is 1. The molecule has 1 aromatic rings. The van der Waals surface area contributed by atoms with Crippen LogP contribution in [0.5, 0.6) is 0 Å². The van der Waals surface area contributed by atoms with Crippen LogP contribution in [0, 0.1) is 27.9 Å². The summed E-state index contributed by atoms with van der Waals surface area (Å²) in [5, 5.41) is 10.8. The van der Waals surface area contributed by atoms with Crippen molar-refractivity contribution < 1.29 is 28.8 Å². The molecule has 8 nitrogen and oxygen atoms in total. The molecule has 0 heterocycles. The lowest BCUT2D eigenvalue weighted by Gasteiger charge is -2.30. The normalized spacial score (nSPS) is 18.1. The molecule has 0 saturated heterocycles. The fourth-order valence-corrected chi connectivity index (χ4v) is 3.49.